The summed E-state index contributed by atoms with van der Waals surface area (Å²) in [5, 5.41) is 3.45. The second-order valence-electron chi connectivity index (χ2n) is 6.09. The van der Waals surface area contributed by atoms with Crippen LogP contribution < -0.4 is 5.32 Å². The first-order chi connectivity index (χ1) is 8.30. The third-order valence-electron chi connectivity index (χ3n) is 4.08. The zero-order chi connectivity index (χ0) is 13.9. The minimum atomic E-state index is 0.0775. The summed E-state index contributed by atoms with van der Waals surface area (Å²) in [6.07, 6.45) is 0. The second-order valence-corrected chi connectivity index (χ2v) is 6.09. The quantitative estimate of drug-likeness (QED) is 0.859. The van der Waals surface area contributed by atoms with Crippen molar-refractivity contribution >= 4 is 0 Å². The van der Waals surface area contributed by atoms with Gasteiger partial charge < -0.3 is 10.2 Å². The molecule has 0 spiro atoms. The van der Waals surface area contributed by atoms with Crippen molar-refractivity contribution < 1.29 is 0 Å². The van der Waals surface area contributed by atoms with Crippen LogP contribution in [0.3, 0.4) is 0 Å². The maximum absolute atomic E-state index is 3.45. The van der Waals surface area contributed by atoms with Gasteiger partial charge in [0.2, 0.25) is 0 Å². The summed E-state index contributed by atoms with van der Waals surface area (Å²) in [5.74, 6) is 0.592. The molecule has 0 saturated carbocycles. The molecule has 0 bridgehead atoms. The highest BCUT2D eigenvalue weighted by atomic mass is 15.2. The number of nitrogens with zero attached hydrogens (tertiary/aromatic N) is 1. The van der Waals surface area contributed by atoms with Crippen molar-refractivity contribution in [1.29, 1.82) is 0 Å². The molecular formula is C16H28N2. The van der Waals surface area contributed by atoms with E-state index in [9.17, 15) is 0 Å². The molecule has 1 aromatic carbocycles. The third kappa shape index (κ3) is 3.12. The molecule has 0 fully saturated rings. The van der Waals surface area contributed by atoms with Gasteiger partial charge in [-0.25, -0.2) is 0 Å². The molecule has 0 amide bonds. The van der Waals surface area contributed by atoms with Crippen LogP contribution in [0.15, 0.2) is 24.3 Å². The normalized spacial score (nSPS) is 14.3. The molecular weight excluding hydrogens is 220 g/mol. The first kappa shape index (κ1) is 15.2. The number of nitrogens with one attached hydrogen (secondary N) is 1. The van der Waals surface area contributed by atoms with E-state index >= 15 is 0 Å². The standard InChI is InChI=1S/C16H28N2/c1-12(2)13-8-10-14(11-9-13)15(17-5)16(3,4)18(6)7/h8-12,15,17H,1-7H3. The fraction of sp³-hybridized carbons (Fsp3) is 0.625. The van der Waals surface area contributed by atoms with Gasteiger partial charge >= 0.3 is 0 Å². The van der Waals surface area contributed by atoms with Crippen LogP contribution in [0, 0.1) is 0 Å². The Morgan fingerprint density at radius 1 is 1.00 bits per heavy atom. The average Bonchev–Trinajstić information content (AvgIpc) is 2.30. The van der Waals surface area contributed by atoms with Crippen LogP contribution >= 0.6 is 0 Å². The molecule has 18 heavy (non-hydrogen) atoms. The average molecular weight is 248 g/mol. The molecule has 1 N–H and O–H groups in total. The van der Waals surface area contributed by atoms with Gasteiger partial charge in [0.15, 0.2) is 0 Å². The van der Waals surface area contributed by atoms with Crippen molar-refractivity contribution in [2.45, 2.75) is 45.2 Å². The molecule has 0 saturated heterocycles. The van der Waals surface area contributed by atoms with Crippen LogP contribution in [-0.2, 0) is 0 Å². The van der Waals surface area contributed by atoms with E-state index in [2.05, 4.69) is 76.3 Å². The second kappa shape index (κ2) is 5.85. The lowest BCUT2D eigenvalue weighted by Gasteiger charge is -2.40. The van der Waals surface area contributed by atoms with Gasteiger partial charge in [-0.3, -0.25) is 0 Å². The topological polar surface area (TPSA) is 15.3 Å². The zero-order valence-electron chi connectivity index (χ0n) is 12.9. The highest BCUT2D eigenvalue weighted by Gasteiger charge is 2.31. The fourth-order valence-corrected chi connectivity index (χ4v) is 2.26. The van der Waals surface area contributed by atoms with Gasteiger partial charge in [-0.2, -0.15) is 0 Å². The lowest BCUT2D eigenvalue weighted by atomic mass is 9.86. The van der Waals surface area contributed by atoms with Gasteiger partial charge in [-0.05, 0) is 52.0 Å². The monoisotopic (exact) mass is 248 g/mol. The summed E-state index contributed by atoms with van der Waals surface area (Å²) < 4.78 is 0. The first-order valence-corrected chi connectivity index (χ1v) is 6.75. The molecule has 0 aliphatic heterocycles. The summed E-state index contributed by atoms with van der Waals surface area (Å²) in [4.78, 5) is 2.27. The highest BCUT2D eigenvalue weighted by Crippen LogP contribution is 2.29. The summed E-state index contributed by atoms with van der Waals surface area (Å²) >= 11 is 0. The van der Waals surface area contributed by atoms with E-state index in [4.69, 9.17) is 0 Å². The third-order valence-corrected chi connectivity index (χ3v) is 4.08. The lowest BCUT2D eigenvalue weighted by Crippen LogP contribution is -2.48. The van der Waals surface area contributed by atoms with Gasteiger partial charge in [-0.15, -0.1) is 0 Å². The van der Waals surface area contributed by atoms with Crippen LogP contribution in [0.1, 0.15) is 50.8 Å². The SMILES string of the molecule is CNC(c1ccc(C(C)C)cc1)C(C)(C)N(C)C. The van der Waals surface area contributed by atoms with Gasteiger partial charge in [0.1, 0.15) is 0 Å². The van der Waals surface area contributed by atoms with E-state index in [-0.39, 0.29) is 5.54 Å². The fourth-order valence-electron chi connectivity index (χ4n) is 2.26. The summed E-state index contributed by atoms with van der Waals surface area (Å²) in [5.41, 5.74) is 2.82. The Hall–Kier alpha value is -0.860. The van der Waals surface area contributed by atoms with E-state index in [0.717, 1.165) is 0 Å². The van der Waals surface area contributed by atoms with Crippen LogP contribution in [0.5, 0.6) is 0 Å². The van der Waals surface area contributed by atoms with E-state index in [0.29, 0.717) is 12.0 Å². The first-order valence-electron chi connectivity index (χ1n) is 6.75. The Balaban J connectivity index is 3.03. The Bertz CT molecular complexity index is 363. The van der Waals surface area contributed by atoms with Crippen LogP contribution in [0.4, 0.5) is 0 Å². The molecule has 0 aromatic heterocycles. The van der Waals surface area contributed by atoms with Gasteiger partial charge in [-0.1, -0.05) is 38.1 Å². The van der Waals surface area contributed by atoms with Crippen molar-refractivity contribution in [3.05, 3.63) is 35.4 Å². The van der Waals surface area contributed by atoms with Crippen molar-refractivity contribution in [3.8, 4) is 0 Å². The summed E-state index contributed by atoms with van der Waals surface area (Å²) in [6, 6.07) is 9.32. The predicted molar refractivity (Wildman–Crippen MR) is 80.1 cm³/mol. The molecule has 0 radical (unpaired) electrons. The number of rotatable bonds is 5. The maximum Gasteiger partial charge on any atom is 0.0499 e. The number of likely N-dealkylation sites (N-methyl/N-ethyl adjacent to an activating group) is 2. The highest BCUT2D eigenvalue weighted by molar-refractivity contribution is 5.28. The summed E-state index contributed by atoms with van der Waals surface area (Å²) in [7, 11) is 6.30. The lowest BCUT2D eigenvalue weighted by molar-refractivity contribution is 0.142. The van der Waals surface area contributed by atoms with E-state index in [1.807, 2.05) is 7.05 Å². The van der Waals surface area contributed by atoms with E-state index < -0.39 is 0 Å². The molecule has 102 valence electrons. The molecule has 0 heterocycles. The molecule has 2 heteroatoms. The zero-order valence-corrected chi connectivity index (χ0v) is 12.9. The number of hydrogen-bond acceptors (Lipinski definition) is 2. The molecule has 0 aliphatic carbocycles. The van der Waals surface area contributed by atoms with Gasteiger partial charge in [0.05, 0.1) is 0 Å². The molecule has 1 unspecified atom stereocenters. The predicted octanol–water partition coefficient (Wildman–Crippen LogP) is 3.41. The van der Waals surface area contributed by atoms with Crippen LogP contribution in [0.2, 0.25) is 0 Å². The van der Waals surface area contributed by atoms with Crippen molar-refractivity contribution in [1.82, 2.24) is 10.2 Å². The van der Waals surface area contributed by atoms with Gasteiger partial charge in [0.25, 0.3) is 0 Å². The van der Waals surface area contributed by atoms with Crippen molar-refractivity contribution in [3.63, 3.8) is 0 Å². The van der Waals surface area contributed by atoms with E-state index in [1.165, 1.54) is 11.1 Å². The Kier molecular flexibility index (Phi) is 4.94. The minimum Gasteiger partial charge on any atom is -0.311 e. The molecule has 2 nitrogen and oxygen atoms in total. The molecule has 0 aliphatic rings. The molecule has 1 atom stereocenters. The smallest absolute Gasteiger partial charge is 0.0499 e. The summed E-state index contributed by atoms with van der Waals surface area (Å²) in [6.45, 7) is 9.00. The van der Waals surface area contributed by atoms with Crippen LogP contribution in [-0.4, -0.2) is 31.6 Å². The Labute approximate surface area is 112 Å². The largest absolute Gasteiger partial charge is 0.311 e. The van der Waals surface area contributed by atoms with Crippen molar-refractivity contribution in [2.24, 2.45) is 0 Å². The van der Waals surface area contributed by atoms with Crippen molar-refractivity contribution in [2.75, 3.05) is 21.1 Å². The minimum absolute atomic E-state index is 0.0775. The van der Waals surface area contributed by atoms with Gasteiger partial charge in [0, 0.05) is 11.6 Å². The van der Waals surface area contributed by atoms with Crippen LogP contribution in [0.25, 0.3) is 0 Å². The Morgan fingerprint density at radius 3 is 1.78 bits per heavy atom. The molecule has 1 aromatic rings. The maximum atomic E-state index is 3.45. The number of benzene rings is 1. The van der Waals surface area contributed by atoms with E-state index in [1.54, 1.807) is 0 Å². The number of hydrogen-bond donors (Lipinski definition) is 1. The Morgan fingerprint density at radius 2 is 1.44 bits per heavy atom. The molecule has 1 rings (SSSR count).